The molecule has 0 heterocycles. The third-order valence-electron chi connectivity index (χ3n) is 4.93. The first kappa shape index (κ1) is 19.6. The molecule has 3 rings (SSSR count). The van der Waals surface area contributed by atoms with Crippen LogP contribution in [0.25, 0.3) is 6.08 Å². The van der Waals surface area contributed by atoms with Crippen LogP contribution >= 0.6 is 0 Å². The molecule has 0 saturated heterocycles. The maximum Gasteiger partial charge on any atom is 0.233 e. The van der Waals surface area contributed by atoms with Gasteiger partial charge in [0.05, 0.1) is 7.11 Å². The number of aliphatic hydroxyl groups is 1. The number of ether oxygens (including phenoxy) is 1. The highest BCUT2D eigenvalue weighted by molar-refractivity contribution is 7.92. The summed E-state index contributed by atoms with van der Waals surface area (Å²) in [6.45, 7) is 1.91. The van der Waals surface area contributed by atoms with Crippen molar-refractivity contribution in [2.24, 2.45) is 0 Å². The van der Waals surface area contributed by atoms with Crippen molar-refractivity contribution in [2.75, 3.05) is 13.7 Å². The molecule has 0 amide bonds. The molecule has 2 N–H and O–H groups in total. The molecule has 0 fully saturated rings. The van der Waals surface area contributed by atoms with E-state index in [-0.39, 0.29) is 6.54 Å². The molecule has 144 valence electrons. The molecule has 2 aromatic rings. The molecule has 0 bridgehead atoms. The summed E-state index contributed by atoms with van der Waals surface area (Å²) in [4.78, 5) is 0. The Morgan fingerprint density at radius 3 is 2.67 bits per heavy atom. The Morgan fingerprint density at radius 1 is 1.22 bits per heavy atom. The van der Waals surface area contributed by atoms with Gasteiger partial charge in [0.2, 0.25) is 10.0 Å². The Hall–Kier alpha value is -2.15. The molecular weight excluding hydrogens is 362 g/mol. The highest BCUT2D eigenvalue weighted by Crippen LogP contribution is 2.36. The number of sulfonamides is 1. The molecular formula is C21H25NO4S. The zero-order chi connectivity index (χ0) is 19.5. The number of hydrogen-bond donors (Lipinski definition) is 2. The molecule has 27 heavy (non-hydrogen) atoms. The zero-order valence-corrected chi connectivity index (χ0v) is 16.4. The maximum atomic E-state index is 12.3. The number of benzene rings is 2. The quantitative estimate of drug-likeness (QED) is 0.799. The zero-order valence-electron chi connectivity index (χ0n) is 15.6. The molecule has 1 aliphatic rings. The summed E-state index contributed by atoms with van der Waals surface area (Å²) in [5, 5.41) is 12.2. The Bertz CT molecular complexity index is 935. The lowest BCUT2D eigenvalue weighted by Gasteiger charge is -2.34. The number of methoxy groups -OCH3 is 1. The molecule has 0 spiro atoms. The van der Waals surface area contributed by atoms with Crippen LogP contribution in [0.3, 0.4) is 0 Å². The van der Waals surface area contributed by atoms with Gasteiger partial charge in [-0.1, -0.05) is 35.9 Å². The minimum absolute atomic E-state index is 0.0626. The van der Waals surface area contributed by atoms with E-state index in [0.29, 0.717) is 6.42 Å². The van der Waals surface area contributed by atoms with Gasteiger partial charge < -0.3 is 9.84 Å². The minimum atomic E-state index is -3.66. The number of aryl methyl sites for hydroxylation is 2. The van der Waals surface area contributed by atoms with Gasteiger partial charge in [-0.05, 0) is 61.1 Å². The monoisotopic (exact) mass is 387 g/mol. The molecule has 0 saturated carbocycles. The second-order valence-corrected chi connectivity index (χ2v) is 8.64. The van der Waals surface area contributed by atoms with Gasteiger partial charge in [0.15, 0.2) is 0 Å². The predicted octanol–water partition coefficient (Wildman–Crippen LogP) is 3.12. The fourth-order valence-electron chi connectivity index (χ4n) is 3.36. The molecule has 2 aromatic carbocycles. The van der Waals surface area contributed by atoms with Gasteiger partial charge in [0.1, 0.15) is 11.4 Å². The molecule has 5 nitrogen and oxygen atoms in total. The summed E-state index contributed by atoms with van der Waals surface area (Å²) in [5.41, 5.74) is 2.46. The maximum absolute atomic E-state index is 12.3. The normalized spacial score (nSPS) is 19.8. The first-order valence-electron chi connectivity index (χ1n) is 8.95. The van der Waals surface area contributed by atoms with E-state index in [1.807, 2.05) is 43.3 Å². The number of fused-ring (bicyclic) bond motifs is 1. The summed E-state index contributed by atoms with van der Waals surface area (Å²) >= 11 is 0. The number of rotatable bonds is 6. The van der Waals surface area contributed by atoms with Crippen LogP contribution in [0.2, 0.25) is 0 Å². The van der Waals surface area contributed by atoms with Crippen molar-refractivity contribution < 1.29 is 18.3 Å². The molecule has 1 atom stereocenters. The SMILES string of the molecule is COc1ccc2c(c1)CCCC2(O)CNS(=O)(=O)/C=C/c1ccc(C)cc1. The smallest absolute Gasteiger partial charge is 0.233 e. The Labute approximate surface area is 160 Å². The summed E-state index contributed by atoms with van der Waals surface area (Å²) in [6.07, 6.45) is 3.69. The van der Waals surface area contributed by atoms with Crippen LogP contribution in [-0.2, 0) is 22.0 Å². The summed E-state index contributed by atoms with van der Waals surface area (Å²) in [5.74, 6) is 0.736. The lowest BCUT2D eigenvalue weighted by molar-refractivity contribution is 0.0243. The van der Waals surface area contributed by atoms with E-state index in [2.05, 4.69) is 4.72 Å². The van der Waals surface area contributed by atoms with E-state index in [1.165, 1.54) is 0 Å². The van der Waals surface area contributed by atoms with Crippen LogP contribution in [0.1, 0.15) is 35.1 Å². The Kier molecular flexibility index (Phi) is 5.69. The third-order valence-corrected chi connectivity index (χ3v) is 5.97. The van der Waals surface area contributed by atoms with Crippen LogP contribution in [0.5, 0.6) is 5.75 Å². The van der Waals surface area contributed by atoms with Crippen LogP contribution in [0.4, 0.5) is 0 Å². The number of hydrogen-bond acceptors (Lipinski definition) is 4. The van der Waals surface area contributed by atoms with Crippen molar-refractivity contribution in [3.8, 4) is 5.75 Å². The highest BCUT2D eigenvalue weighted by Gasteiger charge is 2.35. The van der Waals surface area contributed by atoms with Crippen molar-refractivity contribution in [3.05, 3.63) is 70.1 Å². The molecule has 1 aliphatic carbocycles. The standard InChI is InChI=1S/C21H25NO4S/c1-16-5-7-17(8-6-16)11-13-27(24,25)22-15-21(23)12-3-4-18-14-19(26-2)9-10-20(18)21/h5-11,13-14,22-23H,3-4,12,15H2,1-2H3/b13-11+. The van der Waals surface area contributed by atoms with Crippen LogP contribution < -0.4 is 9.46 Å². The molecule has 0 aromatic heterocycles. The second kappa shape index (κ2) is 7.84. The van der Waals surface area contributed by atoms with E-state index in [4.69, 9.17) is 4.74 Å². The minimum Gasteiger partial charge on any atom is -0.497 e. The predicted molar refractivity (Wildman–Crippen MR) is 107 cm³/mol. The Morgan fingerprint density at radius 2 is 1.96 bits per heavy atom. The average Bonchev–Trinajstić information content (AvgIpc) is 2.66. The topological polar surface area (TPSA) is 75.6 Å². The third kappa shape index (κ3) is 4.77. The Balaban J connectivity index is 1.73. The first-order chi connectivity index (χ1) is 12.8. The van der Waals surface area contributed by atoms with Gasteiger partial charge in [-0.3, -0.25) is 0 Å². The fraction of sp³-hybridized carbons (Fsp3) is 0.333. The molecule has 6 heteroatoms. The van der Waals surface area contributed by atoms with E-state index in [0.717, 1.165) is 46.3 Å². The van der Waals surface area contributed by atoms with Crippen LogP contribution in [0, 0.1) is 6.92 Å². The average molecular weight is 388 g/mol. The summed E-state index contributed by atoms with van der Waals surface area (Å²) in [7, 11) is -2.06. The van der Waals surface area contributed by atoms with Crippen molar-refractivity contribution in [1.29, 1.82) is 0 Å². The van der Waals surface area contributed by atoms with Gasteiger partial charge in [0.25, 0.3) is 0 Å². The summed E-state index contributed by atoms with van der Waals surface area (Å²) < 4.78 is 32.4. The van der Waals surface area contributed by atoms with Crippen molar-refractivity contribution in [1.82, 2.24) is 4.72 Å². The van der Waals surface area contributed by atoms with Crippen molar-refractivity contribution >= 4 is 16.1 Å². The van der Waals surface area contributed by atoms with Gasteiger partial charge in [-0.2, -0.15) is 0 Å². The van der Waals surface area contributed by atoms with E-state index in [9.17, 15) is 13.5 Å². The van der Waals surface area contributed by atoms with Crippen molar-refractivity contribution in [3.63, 3.8) is 0 Å². The van der Waals surface area contributed by atoms with Gasteiger partial charge in [0, 0.05) is 12.0 Å². The summed E-state index contributed by atoms with van der Waals surface area (Å²) in [6, 6.07) is 13.1. The van der Waals surface area contributed by atoms with Gasteiger partial charge in [-0.25, -0.2) is 13.1 Å². The van der Waals surface area contributed by atoms with Crippen molar-refractivity contribution in [2.45, 2.75) is 31.8 Å². The highest BCUT2D eigenvalue weighted by atomic mass is 32.2. The largest absolute Gasteiger partial charge is 0.497 e. The van der Waals surface area contributed by atoms with Gasteiger partial charge in [-0.15, -0.1) is 0 Å². The fourth-order valence-corrected chi connectivity index (χ4v) is 4.23. The van der Waals surface area contributed by atoms with Crippen LogP contribution in [0.15, 0.2) is 47.9 Å². The van der Waals surface area contributed by atoms with E-state index < -0.39 is 15.6 Å². The van der Waals surface area contributed by atoms with E-state index >= 15 is 0 Å². The van der Waals surface area contributed by atoms with Crippen LogP contribution in [-0.4, -0.2) is 27.2 Å². The lowest BCUT2D eigenvalue weighted by atomic mass is 9.79. The second-order valence-electron chi connectivity index (χ2n) is 6.99. The lowest BCUT2D eigenvalue weighted by Crippen LogP contribution is -2.42. The molecule has 0 radical (unpaired) electrons. The van der Waals surface area contributed by atoms with Gasteiger partial charge >= 0.3 is 0 Å². The molecule has 0 aliphatic heterocycles. The first-order valence-corrected chi connectivity index (χ1v) is 10.5. The number of nitrogens with one attached hydrogen (secondary N) is 1. The van der Waals surface area contributed by atoms with E-state index in [1.54, 1.807) is 19.3 Å². The molecule has 1 unspecified atom stereocenters.